The van der Waals surface area contributed by atoms with Crippen LogP contribution < -0.4 is 10.6 Å². The quantitative estimate of drug-likeness (QED) is 0.765. The molecule has 0 aliphatic carbocycles. The molecule has 5 nitrogen and oxygen atoms in total. The highest BCUT2D eigenvalue weighted by atomic mass is 16.5. The van der Waals surface area contributed by atoms with Gasteiger partial charge in [0, 0.05) is 19.3 Å². The number of methoxy groups -OCH3 is 1. The fourth-order valence-electron chi connectivity index (χ4n) is 1.39. The van der Waals surface area contributed by atoms with Crippen LogP contribution in [0.15, 0.2) is 24.3 Å². The number of aliphatic hydroxyl groups excluding tert-OH is 1. The van der Waals surface area contributed by atoms with Gasteiger partial charge in [-0.3, -0.25) is 0 Å². The maximum absolute atomic E-state index is 11.7. The number of amides is 2. The van der Waals surface area contributed by atoms with E-state index >= 15 is 0 Å². The zero-order valence-corrected chi connectivity index (χ0v) is 11.9. The van der Waals surface area contributed by atoms with Gasteiger partial charge in [-0.2, -0.15) is 0 Å². The summed E-state index contributed by atoms with van der Waals surface area (Å²) < 4.78 is 5.21. The van der Waals surface area contributed by atoms with E-state index in [2.05, 4.69) is 10.6 Å². The molecule has 0 bridgehead atoms. The van der Waals surface area contributed by atoms with Crippen LogP contribution in [0.2, 0.25) is 0 Å². The molecular weight excluding hydrogens is 244 g/mol. The van der Waals surface area contributed by atoms with Crippen molar-refractivity contribution >= 4 is 11.7 Å². The van der Waals surface area contributed by atoms with E-state index in [1.165, 1.54) is 0 Å². The fraction of sp³-hybridized carbons (Fsp3) is 0.500. The van der Waals surface area contributed by atoms with Gasteiger partial charge in [0.15, 0.2) is 0 Å². The van der Waals surface area contributed by atoms with E-state index in [0.717, 1.165) is 5.56 Å². The van der Waals surface area contributed by atoms with Crippen LogP contribution in [-0.4, -0.2) is 30.4 Å². The average molecular weight is 266 g/mol. The maximum Gasteiger partial charge on any atom is 0.319 e. The van der Waals surface area contributed by atoms with E-state index in [4.69, 9.17) is 4.74 Å². The summed E-state index contributed by atoms with van der Waals surface area (Å²) in [6.45, 7) is 5.90. The molecule has 0 aromatic heterocycles. The van der Waals surface area contributed by atoms with Gasteiger partial charge < -0.3 is 20.5 Å². The summed E-state index contributed by atoms with van der Waals surface area (Å²) in [4.78, 5) is 11.7. The lowest BCUT2D eigenvalue weighted by Gasteiger charge is -2.23. The molecule has 0 aliphatic rings. The van der Waals surface area contributed by atoms with Gasteiger partial charge in [-0.25, -0.2) is 4.79 Å². The van der Waals surface area contributed by atoms with Crippen molar-refractivity contribution in [2.75, 3.05) is 19.0 Å². The number of hydrogen-bond donors (Lipinski definition) is 3. The predicted molar refractivity (Wildman–Crippen MR) is 75.2 cm³/mol. The van der Waals surface area contributed by atoms with E-state index in [9.17, 15) is 9.90 Å². The second kappa shape index (κ2) is 6.54. The van der Waals surface area contributed by atoms with Crippen LogP contribution in [0.5, 0.6) is 0 Å². The van der Waals surface area contributed by atoms with Gasteiger partial charge in [0.2, 0.25) is 0 Å². The lowest BCUT2D eigenvalue weighted by atomic mass is 10.1. The standard InChI is InChI=1S/C14H22N2O3/c1-10(17)11-5-7-12(8-6-11)16-13(18)15-9-14(2,3)19-4/h5-8,10,17H,9H2,1-4H3,(H2,15,16,18). The first kappa shape index (κ1) is 15.5. The Kier molecular flexibility index (Phi) is 5.32. The van der Waals surface area contributed by atoms with Crippen molar-refractivity contribution in [2.24, 2.45) is 0 Å². The molecule has 0 fully saturated rings. The van der Waals surface area contributed by atoms with Gasteiger partial charge in [0.1, 0.15) is 0 Å². The van der Waals surface area contributed by atoms with Gasteiger partial charge in [0.25, 0.3) is 0 Å². The normalized spacial score (nSPS) is 12.9. The van der Waals surface area contributed by atoms with Crippen molar-refractivity contribution in [3.8, 4) is 0 Å². The molecule has 0 radical (unpaired) electrons. The second-order valence-corrected chi connectivity index (χ2v) is 5.07. The molecule has 0 spiro atoms. The van der Waals surface area contributed by atoms with E-state index in [0.29, 0.717) is 12.2 Å². The van der Waals surface area contributed by atoms with E-state index in [1.807, 2.05) is 13.8 Å². The van der Waals surface area contributed by atoms with Crippen molar-refractivity contribution in [3.05, 3.63) is 29.8 Å². The number of rotatable bonds is 5. The van der Waals surface area contributed by atoms with Crippen molar-refractivity contribution in [1.29, 1.82) is 0 Å². The van der Waals surface area contributed by atoms with E-state index in [-0.39, 0.29) is 6.03 Å². The van der Waals surface area contributed by atoms with Crippen molar-refractivity contribution in [2.45, 2.75) is 32.5 Å². The zero-order chi connectivity index (χ0) is 14.5. The molecule has 1 unspecified atom stereocenters. The summed E-state index contributed by atoms with van der Waals surface area (Å²) in [5, 5.41) is 14.8. The molecule has 1 aromatic carbocycles. The predicted octanol–water partition coefficient (Wildman–Crippen LogP) is 2.29. The number of ether oxygens (including phenoxy) is 1. The molecule has 0 aliphatic heterocycles. The lowest BCUT2D eigenvalue weighted by Crippen LogP contribution is -2.41. The Bertz CT molecular complexity index is 413. The molecule has 19 heavy (non-hydrogen) atoms. The summed E-state index contributed by atoms with van der Waals surface area (Å²) in [6.07, 6.45) is -0.509. The number of nitrogens with one attached hydrogen (secondary N) is 2. The highest BCUT2D eigenvalue weighted by molar-refractivity contribution is 5.89. The molecule has 106 valence electrons. The Morgan fingerprint density at radius 2 is 1.95 bits per heavy atom. The SMILES string of the molecule is COC(C)(C)CNC(=O)Nc1ccc(C(C)O)cc1. The highest BCUT2D eigenvalue weighted by Gasteiger charge is 2.17. The van der Waals surface area contributed by atoms with Gasteiger partial charge in [-0.15, -0.1) is 0 Å². The fourth-order valence-corrected chi connectivity index (χ4v) is 1.39. The van der Waals surface area contributed by atoms with Gasteiger partial charge in [-0.05, 0) is 38.5 Å². The van der Waals surface area contributed by atoms with E-state index in [1.54, 1.807) is 38.3 Å². The molecule has 0 heterocycles. The summed E-state index contributed by atoms with van der Waals surface area (Å²) in [5.41, 5.74) is 1.09. The number of anilines is 1. The van der Waals surface area contributed by atoms with Crippen LogP contribution in [0.1, 0.15) is 32.4 Å². The van der Waals surface area contributed by atoms with Crippen LogP contribution in [0, 0.1) is 0 Å². The molecule has 0 saturated carbocycles. The van der Waals surface area contributed by atoms with Gasteiger partial charge >= 0.3 is 6.03 Å². The van der Waals surface area contributed by atoms with Crippen LogP contribution in [-0.2, 0) is 4.74 Å². The zero-order valence-electron chi connectivity index (χ0n) is 11.9. The topological polar surface area (TPSA) is 70.6 Å². The third-order valence-electron chi connectivity index (χ3n) is 2.88. The van der Waals surface area contributed by atoms with Crippen LogP contribution in [0.4, 0.5) is 10.5 Å². The smallest absolute Gasteiger partial charge is 0.319 e. The summed E-state index contributed by atoms with van der Waals surface area (Å²) in [7, 11) is 1.61. The number of carbonyl (C=O) groups excluding carboxylic acids is 1. The van der Waals surface area contributed by atoms with Crippen LogP contribution >= 0.6 is 0 Å². The van der Waals surface area contributed by atoms with Gasteiger partial charge in [-0.1, -0.05) is 12.1 Å². The minimum atomic E-state index is -0.509. The average Bonchev–Trinajstić information content (AvgIpc) is 2.37. The molecule has 1 atom stereocenters. The largest absolute Gasteiger partial charge is 0.389 e. The number of urea groups is 1. The van der Waals surface area contributed by atoms with Crippen LogP contribution in [0.3, 0.4) is 0 Å². The number of carbonyl (C=O) groups is 1. The Morgan fingerprint density at radius 3 is 2.42 bits per heavy atom. The molecule has 2 amide bonds. The second-order valence-electron chi connectivity index (χ2n) is 5.07. The van der Waals surface area contributed by atoms with Crippen LogP contribution in [0.25, 0.3) is 0 Å². The summed E-state index contributed by atoms with van der Waals surface area (Å²) in [5.74, 6) is 0. The molecule has 0 saturated heterocycles. The minimum Gasteiger partial charge on any atom is -0.389 e. The molecular formula is C14H22N2O3. The molecule has 3 N–H and O–H groups in total. The van der Waals surface area contributed by atoms with Gasteiger partial charge in [0.05, 0.1) is 11.7 Å². The lowest BCUT2D eigenvalue weighted by molar-refractivity contribution is 0.0257. The van der Waals surface area contributed by atoms with Crippen molar-refractivity contribution in [3.63, 3.8) is 0 Å². The number of hydrogen-bond acceptors (Lipinski definition) is 3. The first-order valence-electron chi connectivity index (χ1n) is 6.22. The first-order valence-corrected chi connectivity index (χ1v) is 6.22. The monoisotopic (exact) mass is 266 g/mol. The summed E-state index contributed by atoms with van der Waals surface area (Å²) >= 11 is 0. The number of benzene rings is 1. The third kappa shape index (κ3) is 5.28. The minimum absolute atomic E-state index is 0.282. The Hall–Kier alpha value is -1.59. The maximum atomic E-state index is 11.7. The molecule has 1 rings (SSSR count). The number of aliphatic hydroxyl groups is 1. The molecule has 1 aromatic rings. The highest BCUT2D eigenvalue weighted by Crippen LogP contribution is 2.15. The van der Waals surface area contributed by atoms with E-state index < -0.39 is 11.7 Å². The van der Waals surface area contributed by atoms with Crippen molar-refractivity contribution < 1.29 is 14.6 Å². The third-order valence-corrected chi connectivity index (χ3v) is 2.88. The Morgan fingerprint density at radius 1 is 1.37 bits per heavy atom. The first-order chi connectivity index (χ1) is 8.84. The van der Waals surface area contributed by atoms with Crippen molar-refractivity contribution in [1.82, 2.24) is 5.32 Å². The Balaban J connectivity index is 2.48. The molecule has 5 heteroatoms. The Labute approximate surface area is 114 Å². The summed E-state index contributed by atoms with van der Waals surface area (Å²) in [6, 6.07) is 6.78.